The Labute approximate surface area is 102 Å². The molecule has 1 aromatic carbocycles. The summed E-state index contributed by atoms with van der Waals surface area (Å²) in [6, 6.07) is 4.07. The van der Waals surface area contributed by atoms with Crippen molar-refractivity contribution >= 4 is 5.78 Å². The van der Waals surface area contributed by atoms with Crippen LogP contribution >= 0.6 is 0 Å². The molecule has 0 spiro atoms. The van der Waals surface area contributed by atoms with Crippen LogP contribution in [0.15, 0.2) is 12.1 Å². The zero-order valence-electron chi connectivity index (χ0n) is 10.3. The molecule has 0 atom stereocenters. The fraction of sp³-hybridized carbons (Fsp3) is 0.533. The Hall–Kier alpha value is -1.31. The second-order valence-electron chi connectivity index (χ2n) is 5.23. The van der Waals surface area contributed by atoms with Gasteiger partial charge >= 0.3 is 0 Å². The maximum atomic E-state index is 12.1. The van der Waals surface area contributed by atoms with E-state index in [0.29, 0.717) is 11.7 Å². The van der Waals surface area contributed by atoms with Gasteiger partial charge in [-0.3, -0.25) is 4.79 Å². The minimum Gasteiger partial charge on any atom is -0.493 e. The minimum atomic E-state index is 0.305. The lowest BCUT2D eigenvalue weighted by molar-refractivity contribution is 0.0967. The van der Waals surface area contributed by atoms with Crippen LogP contribution in [-0.4, -0.2) is 12.4 Å². The first kappa shape index (κ1) is 10.8. The predicted molar refractivity (Wildman–Crippen MR) is 66.7 cm³/mol. The van der Waals surface area contributed by atoms with E-state index in [0.717, 1.165) is 55.6 Å². The van der Waals surface area contributed by atoms with E-state index < -0.39 is 0 Å². The van der Waals surface area contributed by atoms with Crippen molar-refractivity contribution in [2.45, 2.75) is 39.0 Å². The summed E-state index contributed by atoms with van der Waals surface area (Å²) in [6.45, 7) is 2.86. The van der Waals surface area contributed by atoms with Crippen LogP contribution in [0.1, 0.15) is 47.2 Å². The van der Waals surface area contributed by atoms with Crippen molar-refractivity contribution < 1.29 is 9.53 Å². The maximum Gasteiger partial charge on any atom is 0.165 e. The number of fused-ring (bicyclic) bond motifs is 1. The summed E-state index contributed by atoms with van der Waals surface area (Å²) in [7, 11) is 0. The third-order valence-electron chi connectivity index (χ3n) is 3.67. The molecule has 17 heavy (non-hydrogen) atoms. The monoisotopic (exact) mass is 230 g/mol. The molecule has 1 aromatic rings. The van der Waals surface area contributed by atoms with Crippen LogP contribution in [-0.2, 0) is 6.42 Å². The molecule has 1 saturated carbocycles. The lowest BCUT2D eigenvalue weighted by atomic mass is 9.97. The Balaban J connectivity index is 1.99. The molecule has 1 aliphatic carbocycles. The van der Waals surface area contributed by atoms with Gasteiger partial charge in [-0.15, -0.1) is 0 Å². The zero-order valence-corrected chi connectivity index (χ0v) is 10.3. The Kier molecular flexibility index (Phi) is 2.65. The van der Waals surface area contributed by atoms with E-state index in [1.54, 1.807) is 0 Å². The van der Waals surface area contributed by atoms with E-state index in [1.165, 1.54) is 5.56 Å². The van der Waals surface area contributed by atoms with Gasteiger partial charge in [0.25, 0.3) is 0 Å². The molecule has 0 radical (unpaired) electrons. The van der Waals surface area contributed by atoms with Gasteiger partial charge in [0.1, 0.15) is 5.75 Å². The Morgan fingerprint density at radius 1 is 1.29 bits per heavy atom. The van der Waals surface area contributed by atoms with Gasteiger partial charge in [-0.05, 0) is 62.3 Å². The van der Waals surface area contributed by atoms with E-state index >= 15 is 0 Å². The summed E-state index contributed by atoms with van der Waals surface area (Å²) >= 11 is 0. The van der Waals surface area contributed by atoms with E-state index in [4.69, 9.17) is 4.74 Å². The molecule has 0 N–H and O–H groups in total. The Morgan fingerprint density at radius 3 is 2.88 bits per heavy atom. The van der Waals surface area contributed by atoms with Crippen LogP contribution < -0.4 is 4.74 Å². The highest BCUT2D eigenvalue weighted by atomic mass is 16.5. The van der Waals surface area contributed by atoms with Gasteiger partial charge in [-0.25, -0.2) is 0 Å². The number of carbonyl (C=O) groups is 1. The molecule has 90 valence electrons. The quantitative estimate of drug-likeness (QED) is 0.729. The number of ether oxygens (including phenoxy) is 1. The number of benzene rings is 1. The van der Waals surface area contributed by atoms with Crippen LogP contribution in [0, 0.1) is 12.8 Å². The third-order valence-corrected chi connectivity index (χ3v) is 3.67. The van der Waals surface area contributed by atoms with Gasteiger partial charge < -0.3 is 4.74 Å². The first-order valence-corrected chi connectivity index (χ1v) is 6.56. The standard InChI is InChI=1S/C15H18O2/c1-10-8-13(14(16)11-5-6-11)9-12-4-2-3-7-17-15(10)12/h8-9,11H,2-7H2,1H3. The lowest BCUT2D eigenvalue weighted by Crippen LogP contribution is -2.04. The van der Waals surface area contributed by atoms with Crippen molar-refractivity contribution in [2.24, 2.45) is 5.92 Å². The summed E-state index contributed by atoms with van der Waals surface area (Å²) in [5, 5.41) is 0. The van der Waals surface area contributed by atoms with Gasteiger partial charge in [0.05, 0.1) is 6.61 Å². The normalized spacial score (nSPS) is 19.1. The largest absolute Gasteiger partial charge is 0.493 e. The van der Waals surface area contributed by atoms with Crippen LogP contribution in [0.4, 0.5) is 0 Å². The molecular weight excluding hydrogens is 212 g/mol. The second kappa shape index (κ2) is 4.17. The molecule has 3 rings (SSSR count). The van der Waals surface area contributed by atoms with Crippen molar-refractivity contribution in [3.8, 4) is 5.75 Å². The maximum absolute atomic E-state index is 12.1. The topological polar surface area (TPSA) is 26.3 Å². The first-order valence-electron chi connectivity index (χ1n) is 6.56. The van der Waals surface area contributed by atoms with Crippen LogP contribution in [0.25, 0.3) is 0 Å². The highest BCUT2D eigenvalue weighted by molar-refractivity contribution is 5.99. The number of rotatable bonds is 2. The summed E-state index contributed by atoms with van der Waals surface area (Å²) in [6.07, 6.45) is 5.46. The molecule has 0 bridgehead atoms. The molecule has 1 aliphatic heterocycles. The first-order chi connectivity index (χ1) is 8.25. The molecule has 2 nitrogen and oxygen atoms in total. The number of ketones is 1. The van der Waals surface area contributed by atoms with Gasteiger partial charge in [0.2, 0.25) is 0 Å². The lowest BCUT2D eigenvalue weighted by Gasteiger charge is -2.12. The van der Waals surface area contributed by atoms with Gasteiger partial charge in [-0.1, -0.05) is 0 Å². The van der Waals surface area contributed by atoms with Gasteiger partial charge in [0, 0.05) is 11.5 Å². The van der Waals surface area contributed by atoms with Crippen molar-refractivity contribution in [3.63, 3.8) is 0 Å². The predicted octanol–water partition coefficient (Wildman–Crippen LogP) is 3.30. The van der Waals surface area contributed by atoms with E-state index in [-0.39, 0.29) is 0 Å². The summed E-state index contributed by atoms with van der Waals surface area (Å²) < 4.78 is 5.78. The SMILES string of the molecule is Cc1cc(C(=O)C2CC2)cc2c1OCCCC2. The van der Waals surface area contributed by atoms with E-state index in [1.807, 2.05) is 13.0 Å². The summed E-state index contributed by atoms with van der Waals surface area (Å²) in [5.74, 6) is 1.66. The molecule has 0 amide bonds. The van der Waals surface area contributed by atoms with Crippen molar-refractivity contribution in [1.82, 2.24) is 0 Å². The molecule has 0 unspecified atom stereocenters. The molecule has 0 aromatic heterocycles. The zero-order chi connectivity index (χ0) is 11.8. The Morgan fingerprint density at radius 2 is 2.12 bits per heavy atom. The molecular formula is C15H18O2. The number of aryl methyl sites for hydroxylation is 2. The van der Waals surface area contributed by atoms with Crippen molar-refractivity contribution in [1.29, 1.82) is 0 Å². The highest BCUT2D eigenvalue weighted by Gasteiger charge is 2.31. The number of carbonyl (C=O) groups excluding carboxylic acids is 1. The van der Waals surface area contributed by atoms with Gasteiger partial charge in [0.15, 0.2) is 5.78 Å². The fourth-order valence-corrected chi connectivity index (χ4v) is 2.55. The van der Waals surface area contributed by atoms with Crippen LogP contribution in [0.2, 0.25) is 0 Å². The van der Waals surface area contributed by atoms with E-state index in [9.17, 15) is 4.79 Å². The third kappa shape index (κ3) is 2.08. The van der Waals surface area contributed by atoms with E-state index in [2.05, 4.69) is 6.07 Å². The number of hydrogen-bond donors (Lipinski definition) is 0. The number of hydrogen-bond acceptors (Lipinski definition) is 2. The summed E-state index contributed by atoms with van der Waals surface area (Å²) in [4.78, 5) is 12.1. The average molecular weight is 230 g/mol. The molecule has 2 aliphatic rings. The highest BCUT2D eigenvalue weighted by Crippen LogP contribution is 2.35. The second-order valence-corrected chi connectivity index (χ2v) is 5.23. The average Bonchev–Trinajstić information content (AvgIpc) is 3.14. The van der Waals surface area contributed by atoms with Crippen molar-refractivity contribution in [2.75, 3.05) is 6.61 Å². The van der Waals surface area contributed by atoms with Crippen LogP contribution in [0.5, 0.6) is 5.75 Å². The molecule has 1 fully saturated rings. The number of Topliss-reactive ketones (excluding diaryl/α,β-unsaturated/α-hetero) is 1. The molecule has 2 heteroatoms. The fourth-order valence-electron chi connectivity index (χ4n) is 2.55. The van der Waals surface area contributed by atoms with Crippen LogP contribution in [0.3, 0.4) is 0 Å². The Bertz CT molecular complexity index is 458. The van der Waals surface area contributed by atoms with Crippen molar-refractivity contribution in [3.05, 3.63) is 28.8 Å². The smallest absolute Gasteiger partial charge is 0.165 e. The molecule has 0 saturated heterocycles. The minimum absolute atomic E-state index is 0.305. The molecule has 1 heterocycles. The summed E-state index contributed by atoms with van der Waals surface area (Å²) in [5.41, 5.74) is 3.24. The van der Waals surface area contributed by atoms with Gasteiger partial charge in [-0.2, -0.15) is 0 Å².